The lowest BCUT2D eigenvalue weighted by Crippen LogP contribution is -2.05. The first-order valence-corrected chi connectivity index (χ1v) is 19.1. The van der Waals surface area contributed by atoms with Crippen LogP contribution in [0.2, 0.25) is 0 Å². The van der Waals surface area contributed by atoms with Crippen molar-refractivity contribution in [1.29, 1.82) is 0 Å². The molecule has 0 fully saturated rings. The Balaban J connectivity index is 1.27. The molecule has 12 heteroatoms. The van der Waals surface area contributed by atoms with E-state index in [1.54, 1.807) is 43.5 Å². The van der Waals surface area contributed by atoms with Crippen molar-refractivity contribution in [2.45, 2.75) is 84.0 Å². The number of carbonyl (C=O) groups is 3. The van der Waals surface area contributed by atoms with Gasteiger partial charge in [0.25, 0.3) is 0 Å². The van der Waals surface area contributed by atoms with E-state index in [2.05, 4.69) is 13.5 Å². The monoisotopic (exact) mass is 776 g/mol. The van der Waals surface area contributed by atoms with Crippen LogP contribution in [0.25, 0.3) is 11.6 Å². The molecule has 0 heterocycles. The van der Waals surface area contributed by atoms with Gasteiger partial charge in [-0.25, -0.2) is 14.4 Å². The second-order valence-electron chi connectivity index (χ2n) is 13.0. The molecule has 0 aliphatic rings. The minimum atomic E-state index is -0.921. The van der Waals surface area contributed by atoms with Crippen LogP contribution >= 0.6 is 0 Å². The first-order valence-electron chi connectivity index (χ1n) is 19.1. The smallest absolute Gasteiger partial charge is 0.365 e. The van der Waals surface area contributed by atoms with Gasteiger partial charge in [0.1, 0.15) is 0 Å². The molecule has 0 amide bonds. The van der Waals surface area contributed by atoms with Crippen molar-refractivity contribution in [3.8, 4) is 23.0 Å². The number of aryl methyl sites for hydroxylation is 2. The third-order valence-corrected chi connectivity index (χ3v) is 8.86. The number of aromatic carboxylic acids is 1. The van der Waals surface area contributed by atoms with Crippen molar-refractivity contribution < 1.29 is 58.0 Å². The Hall–Kier alpha value is -5.33. The summed E-state index contributed by atoms with van der Waals surface area (Å²) in [5, 5.41) is 9.86. The molecular formula is C44H56O12. The molecule has 3 aromatic rings. The zero-order valence-electron chi connectivity index (χ0n) is 33.1. The van der Waals surface area contributed by atoms with E-state index in [1.807, 2.05) is 24.3 Å². The van der Waals surface area contributed by atoms with Crippen LogP contribution in [0.5, 0.6) is 23.0 Å². The number of unbranched alkanes of at least 4 members (excludes halogenated alkanes) is 7. The van der Waals surface area contributed by atoms with Crippen molar-refractivity contribution in [2.24, 2.45) is 0 Å². The minimum absolute atomic E-state index is 0.210. The lowest BCUT2D eigenvalue weighted by atomic mass is 9.96. The highest BCUT2D eigenvalue weighted by molar-refractivity contribution is 6.15. The van der Waals surface area contributed by atoms with Crippen molar-refractivity contribution in [3.63, 3.8) is 0 Å². The number of carbonyl (C=O) groups excluding carboxylic acids is 2. The number of rotatable bonds is 28. The van der Waals surface area contributed by atoms with Crippen molar-refractivity contribution in [1.82, 2.24) is 0 Å². The second kappa shape index (κ2) is 25.7. The quantitative estimate of drug-likeness (QED) is 0.0247. The maximum absolute atomic E-state index is 12.1. The Morgan fingerprint density at radius 1 is 0.696 bits per heavy atom. The first kappa shape index (κ1) is 45.1. The van der Waals surface area contributed by atoms with Crippen LogP contribution in [0, 0.1) is 0 Å². The molecule has 0 spiro atoms. The molecule has 304 valence electrons. The largest absolute Gasteiger partial charge is 0.493 e. The van der Waals surface area contributed by atoms with Crippen LogP contribution in [0.4, 0.5) is 0 Å². The molecule has 0 saturated heterocycles. The molecule has 0 aliphatic heterocycles. The van der Waals surface area contributed by atoms with E-state index >= 15 is 0 Å². The van der Waals surface area contributed by atoms with E-state index in [0.717, 1.165) is 80.9 Å². The van der Waals surface area contributed by atoms with E-state index in [4.69, 9.17) is 38.5 Å². The zero-order valence-corrected chi connectivity index (χ0v) is 33.1. The van der Waals surface area contributed by atoms with Gasteiger partial charge >= 0.3 is 17.9 Å². The number of methoxy groups -OCH3 is 3. The number of carboxylic acids is 1. The number of hydrogen-bond acceptors (Lipinski definition) is 11. The van der Waals surface area contributed by atoms with Crippen molar-refractivity contribution in [2.75, 3.05) is 41.2 Å². The molecule has 0 bridgehead atoms. The van der Waals surface area contributed by atoms with Crippen LogP contribution in [-0.4, -0.2) is 64.2 Å². The van der Waals surface area contributed by atoms with Crippen LogP contribution < -0.4 is 19.1 Å². The topological polar surface area (TPSA) is 145 Å². The van der Waals surface area contributed by atoms with Crippen LogP contribution in [0.1, 0.15) is 104 Å². The Labute approximate surface area is 330 Å². The third-order valence-electron chi connectivity index (χ3n) is 8.86. The Bertz CT molecular complexity index is 1730. The number of benzene rings is 3. The molecule has 0 atom stereocenters. The molecule has 0 radical (unpaired) electrons. The molecule has 0 unspecified atom stereocenters. The molecule has 3 rings (SSSR count). The van der Waals surface area contributed by atoms with Gasteiger partial charge in [0, 0.05) is 6.08 Å². The standard InChI is InChI=1S/C44H56O12/c1-6-7-26-52-38-23-19-34(30-40(38)49-3)20-25-42(45)56-54-28-15-11-9-13-17-35-21-18-33(29-37(35)43(46)47)16-12-8-10-14-27-53-55-39-24-22-36(31-41(39)50-4)32(2)44(48)51-5/h18-25,29-31H,2,6-17,26-28H2,1,3-5H3,(H,46,47). The second-order valence-corrected chi connectivity index (χ2v) is 13.0. The highest BCUT2D eigenvalue weighted by Crippen LogP contribution is 2.31. The summed E-state index contributed by atoms with van der Waals surface area (Å²) >= 11 is 0. The van der Waals surface area contributed by atoms with E-state index in [1.165, 1.54) is 20.3 Å². The molecule has 3 aromatic carbocycles. The molecule has 0 aliphatic carbocycles. The average molecular weight is 777 g/mol. The summed E-state index contributed by atoms with van der Waals surface area (Å²) in [6.45, 7) is 7.12. The summed E-state index contributed by atoms with van der Waals surface area (Å²) in [6, 6.07) is 16.1. The van der Waals surface area contributed by atoms with E-state index in [0.29, 0.717) is 60.2 Å². The van der Waals surface area contributed by atoms with Gasteiger partial charge in [-0.2, -0.15) is 9.78 Å². The summed E-state index contributed by atoms with van der Waals surface area (Å²) in [7, 11) is 4.36. The lowest BCUT2D eigenvalue weighted by molar-refractivity contribution is -0.267. The van der Waals surface area contributed by atoms with E-state index < -0.39 is 17.9 Å². The lowest BCUT2D eigenvalue weighted by Gasteiger charge is -2.11. The summed E-state index contributed by atoms with van der Waals surface area (Å²) in [6.07, 6.45) is 13.2. The fourth-order valence-corrected chi connectivity index (χ4v) is 5.67. The predicted molar refractivity (Wildman–Crippen MR) is 213 cm³/mol. The van der Waals surface area contributed by atoms with Gasteiger partial charge < -0.3 is 28.9 Å². The Morgan fingerprint density at radius 3 is 2.07 bits per heavy atom. The van der Waals surface area contributed by atoms with E-state index in [9.17, 15) is 19.5 Å². The maximum Gasteiger partial charge on any atom is 0.365 e. The molecule has 0 saturated carbocycles. The average Bonchev–Trinajstić information content (AvgIpc) is 3.21. The highest BCUT2D eigenvalue weighted by atomic mass is 17.2. The van der Waals surface area contributed by atoms with Crippen LogP contribution in [0.15, 0.2) is 67.3 Å². The van der Waals surface area contributed by atoms with Gasteiger partial charge in [0.15, 0.2) is 17.2 Å². The van der Waals surface area contributed by atoms with Crippen LogP contribution in [0.3, 0.4) is 0 Å². The van der Waals surface area contributed by atoms with Gasteiger partial charge in [0.2, 0.25) is 5.75 Å². The summed E-state index contributed by atoms with van der Waals surface area (Å²) in [5.41, 5.74) is 3.71. The van der Waals surface area contributed by atoms with Gasteiger partial charge in [-0.15, -0.1) is 0 Å². The normalized spacial score (nSPS) is 10.9. The molecule has 12 nitrogen and oxygen atoms in total. The fraction of sp³-hybridized carbons (Fsp3) is 0.432. The maximum atomic E-state index is 12.1. The predicted octanol–water partition coefficient (Wildman–Crippen LogP) is 9.17. The van der Waals surface area contributed by atoms with Crippen molar-refractivity contribution >= 4 is 29.6 Å². The SMILES string of the molecule is C=C(C(=O)OC)c1ccc(OOCCCCCCc2ccc(CCCCCCOOC(=O)C=Cc3ccc(OCCCC)c(OC)c3)c(C(=O)O)c2)c(OC)c1. The number of esters is 1. The molecule has 56 heavy (non-hydrogen) atoms. The Morgan fingerprint density at radius 2 is 1.38 bits per heavy atom. The number of ether oxygens (including phenoxy) is 4. The minimum Gasteiger partial charge on any atom is -0.493 e. The van der Waals surface area contributed by atoms with Gasteiger partial charge in [0.05, 0.1) is 52.3 Å². The zero-order chi connectivity index (χ0) is 40.5. The summed E-state index contributed by atoms with van der Waals surface area (Å²) in [4.78, 5) is 56.6. The van der Waals surface area contributed by atoms with Gasteiger partial charge in [-0.05, 0) is 104 Å². The Kier molecular flexibility index (Phi) is 20.7. The van der Waals surface area contributed by atoms with Crippen molar-refractivity contribution in [3.05, 3.63) is 95.1 Å². The van der Waals surface area contributed by atoms with Crippen LogP contribution in [-0.2, 0) is 41.8 Å². The fourth-order valence-electron chi connectivity index (χ4n) is 5.67. The van der Waals surface area contributed by atoms with Gasteiger partial charge in [-0.1, -0.05) is 69.9 Å². The summed E-state index contributed by atoms with van der Waals surface area (Å²) < 4.78 is 21.2. The molecule has 1 N–H and O–H groups in total. The van der Waals surface area contributed by atoms with Gasteiger partial charge in [-0.3, -0.25) is 4.89 Å². The summed E-state index contributed by atoms with van der Waals surface area (Å²) in [5.74, 6) is -0.0206. The molecular weight excluding hydrogens is 720 g/mol. The number of hydrogen-bond donors (Lipinski definition) is 1. The number of carboxylic acid groups (broad SMARTS) is 1. The molecule has 0 aromatic heterocycles. The third kappa shape index (κ3) is 15.8. The first-order chi connectivity index (χ1) is 27.2. The van der Waals surface area contributed by atoms with E-state index in [-0.39, 0.29) is 12.2 Å². The highest BCUT2D eigenvalue weighted by Gasteiger charge is 2.15.